The zero-order valence-electron chi connectivity index (χ0n) is 23.5. The molecule has 1 aromatic carbocycles. The van der Waals surface area contributed by atoms with Gasteiger partial charge in [-0.25, -0.2) is 9.37 Å². The Hall–Kier alpha value is -5.20. The average Bonchev–Trinajstić information content (AvgIpc) is 3.75. The molecular weight excluding hydrogens is 553 g/mol. The molecule has 3 atom stereocenters. The van der Waals surface area contributed by atoms with Crippen molar-refractivity contribution in [3.63, 3.8) is 0 Å². The number of carbonyl (C=O) groups excluding carboxylic acids is 2. The number of halogens is 1. The number of aromatic amines is 1. The van der Waals surface area contributed by atoms with Crippen LogP contribution < -0.4 is 10.5 Å². The number of hydrogen-bond donors (Lipinski definition) is 2. The lowest BCUT2D eigenvalue weighted by atomic mass is 9.85. The first-order chi connectivity index (χ1) is 20.8. The van der Waals surface area contributed by atoms with Crippen molar-refractivity contribution < 1.29 is 18.7 Å². The fraction of sp³-hybridized carbons (Fsp3) is 0.300. The number of ketones is 1. The Balaban J connectivity index is 1.24. The number of nitrogens with one attached hydrogen (secondary N) is 1. The first-order valence-electron chi connectivity index (χ1n) is 14.0. The molecule has 4 aromatic heterocycles. The van der Waals surface area contributed by atoms with Gasteiger partial charge in [0.25, 0.3) is 5.91 Å². The molecule has 1 amide bonds. The van der Waals surface area contributed by atoms with Gasteiger partial charge in [-0.2, -0.15) is 9.61 Å². The highest BCUT2D eigenvalue weighted by molar-refractivity contribution is 6.00. The number of methoxy groups -OCH3 is 1. The van der Waals surface area contributed by atoms with Gasteiger partial charge < -0.3 is 20.4 Å². The van der Waals surface area contributed by atoms with Crippen molar-refractivity contribution in [2.75, 3.05) is 12.8 Å². The number of hydrogen-bond acceptors (Lipinski definition) is 9. The minimum absolute atomic E-state index is 0.00776. The summed E-state index contributed by atoms with van der Waals surface area (Å²) in [5, 5.41) is 12.1. The Morgan fingerprint density at radius 1 is 1.09 bits per heavy atom. The predicted octanol–water partition coefficient (Wildman–Crippen LogP) is 4.06. The van der Waals surface area contributed by atoms with Crippen molar-refractivity contribution in [3.05, 3.63) is 72.0 Å². The van der Waals surface area contributed by atoms with Crippen LogP contribution in [0.1, 0.15) is 65.2 Å². The highest BCUT2D eigenvalue weighted by Gasteiger charge is 2.45. The summed E-state index contributed by atoms with van der Waals surface area (Å²) < 4.78 is 20.5. The molecule has 0 saturated carbocycles. The van der Waals surface area contributed by atoms with Gasteiger partial charge >= 0.3 is 0 Å². The number of aromatic nitrogens is 7. The molecule has 0 radical (unpaired) electrons. The van der Waals surface area contributed by atoms with E-state index in [1.54, 1.807) is 24.5 Å². The number of carbonyl (C=O) groups is 2. The lowest BCUT2D eigenvalue weighted by molar-refractivity contribution is 0.0556. The third kappa shape index (κ3) is 4.39. The number of fused-ring (bicyclic) bond motifs is 3. The van der Waals surface area contributed by atoms with Crippen LogP contribution in [0.3, 0.4) is 0 Å². The molecule has 0 unspecified atom stereocenters. The lowest BCUT2D eigenvalue weighted by Gasteiger charge is -2.38. The standard InChI is InChI=1S/C30H28FN9O3/c1-15(41)25-26(18-9-19-5-6-20(10-18)39(19)30(42)28-34-14-35-38-28)37-29-21(13-36-40(29)27(25)32)17-4-8-23(33-12-17)16-3-7-22(31)24(11-16)43-2/h3-4,7-8,11-14,18-20H,5-6,9-10,32H2,1-2H3,(H,34,35,38)/t18-,19+,20-. The van der Waals surface area contributed by atoms with Crippen molar-refractivity contribution in [3.8, 4) is 28.1 Å². The van der Waals surface area contributed by atoms with Crippen LogP contribution >= 0.6 is 0 Å². The molecule has 218 valence electrons. The number of H-pyrrole nitrogens is 1. The maximum atomic E-state index is 13.9. The number of ether oxygens (including phenoxy) is 1. The fourth-order valence-electron chi connectivity index (χ4n) is 6.60. The second-order valence-electron chi connectivity index (χ2n) is 11.0. The Bertz CT molecular complexity index is 1860. The molecule has 2 bridgehead atoms. The van der Waals surface area contributed by atoms with E-state index in [0.29, 0.717) is 46.6 Å². The maximum Gasteiger partial charge on any atom is 0.292 e. The van der Waals surface area contributed by atoms with E-state index in [0.717, 1.165) is 18.4 Å². The molecule has 0 spiro atoms. The van der Waals surface area contributed by atoms with E-state index >= 15 is 0 Å². The van der Waals surface area contributed by atoms with Crippen molar-refractivity contribution in [1.29, 1.82) is 0 Å². The molecule has 12 nitrogen and oxygen atoms in total. The quantitative estimate of drug-likeness (QED) is 0.282. The SMILES string of the molecule is COc1cc(-c2ccc(-c3cnn4c(N)c(C(C)=O)c([C@H]5C[C@H]6CC[C@@H](C5)N6C(=O)c5nnc[nH]5)nc34)cn2)ccc1F. The Morgan fingerprint density at radius 2 is 1.86 bits per heavy atom. The van der Waals surface area contributed by atoms with Gasteiger partial charge in [-0.3, -0.25) is 14.6 Å². The van der Waals surface area contributed by atoms with E-state index in [2.05, 4.69) is 25.3 Å². The van der Waals surface area contributed by atoms with Crippen LogP contribution in [0.5, 0.6) is 5.75 Å². The van der Waals surface area contributed by atoms with E-state index in [4.69, 9.17) is 15.5 Å². The average molecular weight is 582 g/mol. The third-order valence-electron chi connectivity index (χ3n) is 8.56. The second kappa shape index (κ2) is 10.3. The van der Waals surface area contributed by atoms with Crippen LogP contribution in [0.15, 0.2) is 49.1 Å². The second-order valence-corrected chi connectivity index (χ2v) is 11.0. The van der Waals surface area contributed by atoms with E-state index in [1.807, 2.05) is 17.0 Å². The summed E-state index contributed by atoms with van der Waals surface area (Å²) in [7, 11) is 1.42. The summed E-state index contributed by atoms with van der Waals surface area (Å²) in [6, 6.07) is 8.29. The molecule has 2 saturated heterocycles. The van der Waals surface area contributed by atoms with Crippen LogP contribution in [-0.2, 0) is 0 Å². The minimum atomic E-state index is -0.446. The minimum Gasteiger partial charge on any atom is -0.494 e. The van der Waals surface area contributed by atoms with E-state index < -0.39 is 5.82 Å². The Labute approximate surface area is 245 Å². The number of amides is 1. The first-order valence-corrected chi connectivity index (χ1v) is 14.0. The van der Waals surface area contributed by atoms with Crippen LogP contribution in [-0.4, -0.2) is 70.5 Å². The van der Waals surface area contributed by atoms with Gasteiger partial charge in [0.2, 0.25) is 5.82 Å². The molecular formula is C30H28FN9O3. The smallest absolute Gasteiger partial charge is 0.292 e. The van der Waals surface area contributed by atoms with Gasteiger partial charge in [0.15, 0.2) is 23.0 Å². The third-order valence-corrected chi connectivity index (χ3v) is 8.56. The first kappa shape index (κ1) is 26.7. The zero-order valence-corrected chi connectivity index (χ0v) is 23.5. The lowest BCUT2D eigenvalue weighted by Crippen LogP contribution is -2.46. The van der Waals surface area contributed by atoms with Gasteiger partial charge in [-0.1, -0.05) is 6.07 Å². The number of nitrogens with zero attached hydrogens (tertiary/aromatic N) is 7. The predicted molar refractivity (Wildman–Crippen MR) is 154 cm³/mol. The summed E-state index contributed by atoms with van der Waals surface area (Å²) in [5.74, 6) is -0.266. The molecule has 2 aliphatic heterocycles. The van der Waals surface area contributed by atoms with Crippen LogP contribution in [0.2, 0.25) is 0 Å². The number of rotatable bonds is 6. The molecule has 13 heteroatoms. The molecule has 2 fully saturated rings. The number of piperidine rings is 1. The molecule has 6 heterocycles. The molecule has 5 aromatic rings. The molecule has 43 heavy (non-hydrogen) atoms. The summed E-state index contributed by atoms with van der Waals surface area (Å²) in [6.07, 6.45) is 7.79. The number of Topliss-reactive ketones (excluding diaryl/α,β-unsaturated/α-hetero) is 1. The largest absolute Gasteiger partial charge is 0.494 e. The molecule has 0 aliphatic carbocycles. The highest BCUT2D eigenvalue weighted by atomic mass is 19.1. The fourth-order valence-corrected chi connectivity index (χ4v) is 6.60. The van der Waals surface area contributed by atoms with Crippen molar-refractivity contribution in [2.45, 2.75) is 50.6 Å². The summed E-state index contributed by atoms with van der Waals surface area (Å²) >= 11 is 0. The molecule has 2 aliphatic rings. The molecule has 3 N–H and O–H groups in total. The van der Waals surface area contributed by atoms with Crippen molar-refractivity contribution in [1.82, 2.24) is 39.7 Å². The van der Waals surface area contributed by atoms with Gasteiger partial charge in [-0.05, 0) is 56.9 Å². The monoisotopic (exact) mass is 581 g/mol. The van der Waals surface area contributed by atoms with Crippen molar-refractivity contribution in [2.24, 2.45) is 0 Å². The van der Waals surface area contributed by atoms with Gasteiger partial charge in [0.1, 0.15) is 12.1 Å². The van der Waals surface area contributed by atoms with Crippen LogP contribution in [0.4, 0.5) is 10.2 Å². The zero-order chi connectivity index (χ0) is 29.8. The summed E-state index contributed by atoms with van der Waals surface area (Å²) in [5.41, 5.74) is 10.9. The number of nitrogen functional groups attached to an aromatic ring is 1. The van der Waals surface area contributed by atoms with Crippen LogP contribution in [0.25, 0.3) is 28.0 Å². The number of nitrogens with two attached hydrogens (primary N) is 1. The van der Waals surface area contributed by atoms with E-state index in [9.17, 15) is 14.0 Å². The van der Waals surface area contributed by atoms with E-state index in [1.165, 1.54) is 30.9 Å². The topological polar surface area (TPSA) is 157 Å². The van der Waals surface area contributed by atoms with E-state index in [-0.39, 0.29) is 47.1 Å². The Morgan fingerprint density at radius 3 is 2.51 bits per heavy atom. The van der Waals surface area contributed by atoms with Gasteiger partial charge in [0, 0.05) is 40.9 Å². The highest BCUT2D eigenvalue weighted by Crippen LogP contribution is 2.45. The number of anilines is 1. The summed E-state index contributed by atoms with van der Waals surface area (Å²) in [6.45, 7) is 1.48. The van der Waals surface area contributed by atoms with Gasteiger partial charge in [0.05, 0.1) is 30.3 Å². The normalized spacial score (nSPS) is 19.6. The van der Waals surface area contributed by atoms with Gasteiger partial charge in [-0.15, -0.1) is 10.2 Å². The van der Waals surface area contributed by atoms with Crippen molar-refractivity contribution >= 4 is 23.2 Å². The summed E-state index contributed by atoms with van der Waals surface area (Å²) in [4.78, 5) is 40.4. The molecule has 7 rings (SSSR count). The number of pyridine rings is 1. The Kier molecular flexibility index (Phi) is 6.37. The van der Waals surface area contributed by atoms with Crippen LogP contribution in [0, 0.1) is 5.82 Å². The number of benzene rings is 1. The maximum absolute atomic E-state index is 13.9.